The summed E-state index contributed by atoms with van der Waals surface area (Å²) in [5.74, 6) is 0.0787. The number of pyridine rings is 1. The van der Waals surface area contributed by atoms with Gasteiger partial charge in [-0.05, 0) is 24.1 Å². The van der Waals surface area contributed by atoms with Crippen LogP contribution in [0.4, 0.5) is 0 Å². The van der Waals surface area contributed by atoms with Crippen LogP contribution in [0.1, 0.15) is 42.9 Å². The summed E-state index contributed by atoms with van der Waals surface area (Å²) in [6, 6.07) is 14.8. The number of hydrogen-bond donors (Lipinski definition) is 1. The van der Waals surface area contributed by atoms with Gasteiger partial charge in [-0.25, -0.2) is 9.99 Å². The first kappa shape index (κ1) is 22.2. The lowest BCUT2D eigenvalue weighted by molar-refractivity contribution is -0.137. The summed E-state index contributed by atoms with van der Waals surface area (Å²) in [6.45, 7) is 0.951. The van der Waals surface area contributed by atoms with Crippen LogP contribution in [-0.2, 0) is 9.59 Å². The number of fused-ring (bicyclic) bond motifs is 2. The molecule has 0 fully saturated rings. The number of carbonyl (C=O) groups is 2. The largest absolute Gasteiger partial charge is 0.486 e. The third-order valence-corrected chi connectivity index (χ3v) is 6.18. The van der Waals surface area contributed by atoms with E-state index in [1.807, 2.05) is 42.5 Å². The summed E-state index contributed by atoms with van der Waals surface area (Å²) in [5, 5.41) is 16.1. The van der Waals surface area contributed by atoms with Crippen molar-refractivity contribution in [2.24, 2.45) is 5.10 Å². The first-order chi connectivity index (χ1) is 16.5. The maximum atomic E-state index is 13.1. The van der Waals surface area contributed by atoms with Gasteiger partial charge in [-0.1, -0.05) is 41.9 Å². The fourth-order valence-electron chi connectivity index (χ4n) is 4.23. The number of hydrogen-bond acceptors (Lipinski definition) is 6. The van der Waals surface area contributed by atoms with E-state index in [0.29, 0.717) is 42.2 Å². The van der Waals surface area contributed by atoms with E-state index in [2.05, 4.69) is 10.1 Å². The SMILES string of the molecule is O=C(O)CCCC(=O)N1N=C(c2ccccc2)C[C@H]1c1cc2cc3c(cc2nc1Cl)OCCO3. The minimum atomic E-state index is -0.935. The Bertz CT molecular complexity index is 1290. The molecule has 1 atom stereocenters. The average Bonchev–Trinajstić information content (AvgIpc) is 3.28. The summed E-state index contributed by atoms with van der Waals surface area (Å²) in [4.78, 5) is 28.5. The maximum absolute atomic E-state index is 13.1. The van der Waals surface area contributed by atoms with E-state index in [4.69, 9.17) is 26.2 Å². The minimum Gasteiger partial charge on any atom is -0.486 e. The second-order valence-electron chi connectivity index (χ2n) is 8.18. The molecule has 0 aliphatic carbocycles. The van der Waals surface area contributed by atoms with Gasteiger partial charge in [-0.15, -0.1) is 0 Å². The molecular weight excluding hydrogens is 458 g/mol. The van der Waals surface area contributed by atoms with Crippen molar-refractivity contribution in [1.82, 2.24) is 9.99 Å². The normalized spacial score (nSPS) is 17.0. The monoisotopic (exact) mass is 479 g/mol. The molecule has 2 aromatic carbocycles. The van der Waals surface area contributed by atoms with Gasteiger partial charge in [0.25, 0.3) is 0 Å². The van der Waals surface area contributed by atoms with Crippen molar-refractivity contribution in [2.75, 3.05) is 13.2 Å². The lowest BCUT2D eigenvalue weighted by Gasteiger charge is -2.23. The Hall–Kier alpha value is -3.65. The van der Waals surface area contributed by atoms with E-state index in [1.54, 1.807) is 6.07 Å². The first-order valence-corrected chi connectivity index (χ1v) is 11.4. The Morgan fingerprint density at radius 2 is 1.79 bits per heavy atom. The number of amides is 1. The highest BCUT2D eigenvalue weighted by Gasteiger charge is 2.34. The molecule has 9 heteroatoms. The van der Waals surface area contributed by atoms with Gasteiger partial charge in [0.1, 0.15) is 18.4 Å². The van der Waals surface area contributed by atoms with Crippen LogP contribution >= 0.6 is 11.6 Å². The van der Waals surface area contributed by atoms with Gasteiger partial charge in [0, 0.05) is 36.3 Å². The predicted molar refractivity (Wildman–Crippen MR) is 126 cm³/mol. The molecular formula is C25H22ClN3O5. The van der Waals surface area contributed by atoms with E-state index in [0.717, 1.165) is 16.7 Å². The number of benzene rings is 2. The molecule has 34 heavy (non-hydrogen) atoms. The zero-order valence-corrected chi connectivity index (χ0v) is 19.0. The third kappa shape index (κ3) is 4.41. The van der Waals surface area contributed by atoms with Crippen LogP contribution in [0.3, 0.4) is 0 Å². The molecule has 0 bridgehead atoms. The number of hydrazone groups is 1. The van der Waals surface area contributed by atoms with Gasteiger partial charge in [0.05, 0.1) is 17.3 Å². The molecule has 2 aliphatic heterocycles. The molecule has 3 heterocycles. The standard InChI is InChI=1S/C25H22ClN3O5/c26-25-17(11-16-12-21-22(14-18(16)27-25)34-10-9-33-21)20-13-19(15-5-2-1-3-6-15)28-29(20)23(30)7-4-8-24(31)32/h1-3,5-6,11-12,14,20H,4,7-10,13H2,(H,31,32)/t20-/m0/s1. The number of nitrogens with zero attached hydrogens (tertiary/aromatic N) is 3. The molecule has 3 aromatic rings. The summed E-state index contributed by atoms with van der Waals surface area (Å²) < 4.78 is 11.4. The number of ether oxygens (including phenoxy) is 2. The van der Waals surface area contributed by atoms with Gasteiger partial charge in [0.15, 0.2) is 11.5 Å². The Balaban J connectivity index is 1.51. The quantitative estimate of drug-likeness (QED) is 0.519. The predicted octanol–water partition coefficient (Wildman–Crippen LogP) is 4.59. The highest BCUT2D eigenvalue weighted by atomic mass is 35.5. The van der Waals surface area contributed by atoms with Crippen LogP contribution < -0.4 is 9.47 Å². The Kier molecular flexibility index (Phi) is 6.06. The van der Waals surface area contributed by atoms with Gasteiger partial charge in [0.2, 0.25) is 5.91 Å². The lowest BCUT2D eigenvalue weighted by Crippen LogP contribution is -2.27. The van der Waals surface area contributed by atoms with Gasteiger partial charge < -0.3 is 14.6 Å². The van der Waals surface area contributed by atoms with Crippen molar-refractivity contribution < 1.29 is 24.2 Å². The number of carboxylic acids is 1. The highest BCUT2D eigenvalue weighted by Crippen LogP contribution is 2.40. The average molecular weight is 480 g/mol. The lowest BCUT2D eigenvalue weighted by atomic mass is 9.98. The second-order valence-corrected chi connectivity index (χ2v) is 8.53. The van der Waals surface area contributed by atoms with Crippen LogP contribution in [0, 0.1) is 0 Å². The zero-order chi connectivity index (χ0) is 23.7. The first-order valence-electron chi connectivity index (χ1n) is 11.1. The summed E-state index contributed by atoms with van der Waals surface area (Å²) in [6.07, 6.45) is 0.698. The Morgan fingerprint density at radius 3 is 2.53 bits per heavy atom. The van der Waals surface area contributed by atoms with Crippen molar-refractivity contribution >= 4 is 40.1 Å². The number of rotatable bonds is 6. The summed E-state index contributed by atoms with van der Waals surface area (Å²) in [5.41, 5.74) is 3.01. The van der Waals surface area contributed by atoms with E-state index < -0.39 is 12.0 Å². The van der Waals surface area contributed by atoms with Crippen LogP contribution in [0.5, 0.6) is 11.5 Å². The smallest absolute Gasteiger partial charge is 0.303 e. The fourth-order valence-corrected chi connectivity index (χ4v) is 4.50. The van der Waals surface area contributed by atoms with E-state index in [9.17, 15) is 9.59 Å². The van der Waals surface area contributed by atoms with E-state index in [1.165, 1.54) is 5.01 Å². The molecule has 1 aromatic heterocycles. The van der Waals surface area contributed by atoms with Crippen molar-refractivity contribution in [3.63, 3.8) is 0 Å². The molecule has 174 valence electrons. The number of halogens is 1. The summed E-state index contributed by atoms with van der Waals surface area (Å²) >= 11 is 6.63. The highest BCUT2D eigenvalue weighted by molar-refractivity contribution is 6.30. The summed E-state index contributed by atoms with van der Waals surface area (Å²) in [7, 11) is 0. The van der Waals surface area contributed by atoms with Crippen LogP contribution in [0.25, 0.3) is 10.9 Å². The molecule has 5 rings (SSSR count). The van der Waals surface area contributed by atoms with Crippen LogP contribution in [0.2, 0.25) is 5.15 Å². The van der Waals surface area contributed by atoms with Gasteiger partial charge >= 0.3 is 5.97 Å². The molecule has 0 unspecified atom stereocenters. The molecule has 1 amide bonds. The van der Waals surface area contributed by atoms with Crippen molar-refractivity contribution in [2.45, 2.75) is 31.7 Å². The molecule has 1 N–H and O–H groups in total. The topological polar surface area (TPSA) is 101 Å². The number of aromatic nitrogens is 1. The van der Waals surface area contributed by atoms with Gasteiger partial charge in [-0.3, -0.25) is 9.59 Å². The fraction of sp³-hybridized carbons (Fsp3) is 0.280. The van der Waals surface area contributed by atoms with Gasteiger partial charge in [-0.2, -0.15) is 5.10 Å². The van der Waals surface area contributed by atoms with E-state index in [-0.39, 0.29) is 30.3 Å². The van der Waals surface area contributed by atoms with Crippen molar-refractivity contribution in [3.8, 4) is 11.5 Å². The molecule has 0 radical (unpaired) electrons. The Labute approximate surface area is 200 Å². The molecule has 2 aliphatic rings. The molecule has 0 saturated carbocycles. The van der Waals surface area contributed by atoms with Crippen molar-refractivity contribution in [1.29, 1.82) is 0 Å². The van der Waals surface area contributed by atoms with E-state index >= 15 is 0 Å². The molecule has 0 saturated heterocycles. The van der Waals surface area contributed by atoms with Crippen LogP contribution in [-0.4, -0.2) is 45.9 Å². The molecule has 8 nitrogen and oxygen atoms in total. The molecule has 0 spiro atoms. The maximum Gasteiger partial charge on any atom is 0.303 e. The number of aliphatic carboxylic acids is 1. The number of carbonyl (C=O) groups excluding carboxylic acids is 1. The Morgan fingerprint density at radius 1 is 1.06 bits per heavy atom. The second kappa shape index (κ2) is 9.30. The van der Waals surface area contributed by atoms with Crippen molar-refractivity contribution in [3.05, 3.63) is 64.8 Å². The third-order valence-electron chi connectivity index (χ3n) is 5.87. The minimum absolute atomic E-state index is 0.0751. The number of carboxylic acid groups (broad SMARTS) is 1. The zero-order valence-electron chi connectivity index (χ0n) is 18.2. The van der Waals surface area contributed by atoms with Crippen LogP contribution in [0.15, 0.2) is 53.6 Å².